The number of carbonyl (C=O) groups excluding carboxylic acids is 1. The normalized spacial score (nSPS) is 21.0. The average Bonchev–Trinajstić information content (AvgIpc) is 2.78. The Balaban J connectivity index is 1.66. The zero-order valence-corrected chi connectivity index (χ0v) is 17.3. The van der Waals surface area contributed by atoms with E-state index in [2.05, 4.69) is 15.2 Å². The van der Waals surface area contributed by atoms with Crippen LogP contribution >= 0.6 is 0 Å². The topological polar surface area (TPSA) is 93.4 Å². The Kier molecular flexibility index (Phi) is 4.81. The maximum Gasteiger partial charge on any atom is 0.229 e. The number of ether oxygens (including phenoxy) is 1. The van der Waals surface area contributed by atoms with Gasteiger partial charge in [0, 0.05) is 42.3 Å². The standard InChI is InChI=1S/C23H27N5O2/c1-30-15-8-5-7-14(13-15)18-19-16(9-6-10-17(19)29)25-22-20(18)21(24)26-23(27-22)28-11-3-2-4-12-28/h5,7-8,13,18H,2-4,6,9-12H2,1H3,(H3,24,25,26,27)/t18-/m0/s1. The summed E-state index contributed by atoms with van der Waals surface area (Å²) in [5.74, 6) is 2.47. The van der Waals surface area contributed by atoms with Gasteiger partial charge in [-0.2, -0.15) is 9.97 Å². The molecule has 0 amide bonds. The van der Waals surface area contributed by atoms with Crippen molar-refractivity contribution >= 4 is 23.4 Å². The number of methoxy groups -OCH3 is 1. The number of nitrogen functional groups attached to an aromatic ring is 1. The molecule has 7 nitrogen and oxygen atoms in total. The molecule has 1 aromatic heterocycles. The number of allylic oxidation sites excluding steroid dienone is 2. The Morgan fingerprint density at radius 3 is 2.77 bits per heavy atom. The van der Waals surface area contributed by atoms with Crippen LogP contribution in [0.1, 0.15) is 55.6 Å². The zero-order valence-electron chi connectivity index (χ0n) is 17.3. The summed E-state index contributed by atoms with van der Waals surface area (Å²) in [6, 6.07) is 7.85. The number of benzene rings is 1. The van der Waals surface area contributed by atoms with Gasteiger partial charge in [-0.3, -0.25) is 4.79 Å². The van der Waals surface area contributed by atoms with E-state index in [1.54, 1.807) is 7.11 Å². The summed E-state index contributed by atoms with van der Waals surface area (Å²) in [6.45, 7) is 1.90. The predicted octanol–water partition coefficient (Wildman–Crippen LogP) is 3.62. The van der Waals surface area contributed by atoms with Gasteiger partial charge in [0.1, 0.15) is 17.4 Å². The first kappa shape index (κ1) is 18.9. The van der Waals surface area contributed by atoms with Crippen LogP contribution in [-0.2, 0) is 4.79 Å². The molecular weight excluding hydrogens is 378 g/mol. The molecule has 7 heteroatoms. The van der Waals surface area contributed by atoms with Crippen molar-refractivity contribution in [3.8, 4) is 5.75 Å². The third-order valence-electron chi connectivity index (χ3n) is 6.33. The zero-order chi connectivity index (χ0) is 20.7. The number of rotatable bonds is 3. The number of anilines is 3. The largest absolute Gasteiger partial charge is 0.497 e. The Bertz CT molecular complexity index is 1030. The van der Waals surface area contributed by atoms with Gasteiger partial charge in [-0.25, -0.2) is 0 Å². The molecule has 1 saturated heterocycles. The van der Waals surface area contributed by atoms with Crippen molar-refractivity contribution in [2.24, 2.45) is 0 Å². The van der Waals surface area contributed by atoms with Crippen molar-refractivity contribution in [2.75, 3.05) is 36.1 Å². The molecule has 3 heterocycles. The minimum absolute atomic E-state index is 0.168. The summed E-state index contributed by atoms with van der Waals surface area (Å²) in [5, 5.41) is 3.45. The smallest absolute Gasteiger partial charge is 0.229 e. The lowest BCUT2D eigenvalue weighted by Gasteiger charge is -2.35. The number of carbonyl (C=O) groups is 1. The van der Waals surface area contributed by atoms with E-state index in [-0.39, 0.29) is 11.7 Å². The first-order valence-electron chi connectivity index (χ1n) is 10.8. The average molecular weight is 406 g/mol. The number of nitrogens with zero attached hydrogens (tertiary/aromatic N) is 3. The number of aromatic nitrogens is 2. The van der Waals surface area contributed by atoms with Crippen molar-refractivity contribution < 1.29 is 9.53 Å². The van der Waals surface area contributed by atoms with Crippen molar-refractivity contribution in [3.63, 3.8) is 0 Å². The highest BCUT2D eigenvalue weighted by atomic mass is 16.5. The van der Waals surface area contributed by atoms with Gasteiger partial charge in [-0.15, -0.1) is 0 Å². The maximum absolute atomic E-state index is 13.0. The minimum atomic E-state index is -0.283. The fourth-order valence-corrected chi connectivity index (χ4v) is 4.86. The summed E-state index contributed by atoms with van der Waals surface area (Å²) >= 11 is 0. The summed E-state index contributed by atoms with van der Waals surface area (Å²) in [5.41, 5.74) is 10.1. The van der Waals surface area contributed by atoms with Crippen LogP contribution in [0, 0.1) is 0 Å². The van der Waals surface area contributed by atoms with Crippen LogP contribution in [0.2, 0.25) is 0 Å². The molecule has 0 bridgehead atoms. The maximum atomic E-state index is 13.0. The number of fused-ring (bicyclic) bond motifs is 1. The van der Waals surface area contributed by atoms with Gasteiger partial charge in [-0.05, 0) is 49.8 Å². The van der Waals surface area contributed by atoms with Crippen molar-refractivity contribution in [1.29, 1.82) is 0 Å². The van der Waals surface area contributed by atoms with Crippen LogP contribution < -0.4 is 20.7 Å². The van der Waals surface area contributed by atoms with Crippen LogP contribution in [0.3, 0.4) is 0 Å². The number of nitrogens with one attached hydrogen (secondary N) is 1. The molecule has 2 aromatic rings. The van der Waals surface area contributed by atoms with Crippen LogP contribution in [0.25, 0.3) is 0 Å². The van der Waals surface area contributed by atoms with Gasteiger partial charge in [-0.1, -0.05) is 12.1 Å². The van der Waals surface area contributed by atoms with Crippen LogP contribution in [0.5, 0.6) is 5.75 Å². The Labute approximate surface area is 176 Å². The Hall–Kier alpha value is -3.09. The van der Waals surface area contributed by atoms with Gasteiger partial charge in [0.2, 0.25) is 5.95 Å². The molecule has 1 aliphatic carbocycles. The molecule has 156 valence electrons. The molecule has 5 rings (SSSR count). The van der Waals surface area contributed by atoms with E-state index >= 15 is 0 Å². The SMILES string of the molecule is COc1cccc([C@H]2C3=C(CCCC3=O)Nc3nc(N4CCCCC4)nc(N)c32)c1. The second-order valence-corrected chi connectivity index (χ2v) is 8.22. The molecule has 1 aromatic carbocycles. The lowest BCUT2D eigenvalue weighted by molar-refractivity contribution is -0.116. The minimum Gasteiger partial charge on any atom is -0.497 e. The molecule has 3 N–H and O–H groups in total. The van der Waals surface area contributed by atoms with Gasteiger partial charge in [0.05, 0.1) is 7.11 Å². The Morgan fingerprint density at radius 2 is 1.97 bits per heavy atom. The number of hydrogen-bond donors (Lipinski definition) is 2. The number of hydrogen-bond acceptors (Lipinski definition) is 7. The quantitative estimate of drug-likeness (QED) is 0.805. The van der Waals surface area contributed by atoms with E-state index in [4.69, 9.17) is 15.5 Å². The van der Waals surface area contributed by atoms with Crippen molar-refractivity contribution in [2.45, 2.75) is 44.4 Å². The van der Waals surface area contributed by atoms with E-state index in [0.717, 1.165) is 72.7 Å². The van der Waals surface area contributed by atoms with E-state index in [0.29, 0.717) is 18.2 Å². The van der Waals surface area contributed by atoms with Gasteiger partial charge >= 0.3 is 0 Å². The van der Waals surface area contributed by atoms with Crippen LogP contribution in [-0.4, -0.2) is 36.0 Å². The van der Waals surface area contributed by atoms with Gasteiger partial charge in [0.15, 0.2) is 5.78 Å². The Morgan fingerprint density at radius 1 is 1.13 bits per heavy atom. The summed E-state index contributed by atoms with van der Waals surface area (Å²) in [6.07, 6.45) is 5.77. The second kappa shape index (κ2) is 7.63. The molecule has 0 saturated carbocycles. The fraction of sp³-hybridized carbons (Fsp3) is 0.435. The lowest BCUT2D eigenvalue weighted by atomic mass is 9.76. The highest BCUT2D eigenvalue weighted by Gasteiger charge is 2.38. The van der Waals surface area contributed by atoms with Gasteiger partial charge < -0.3 is 20.7 Å². The monoisotopic (exact) mass is 405 g/mol. The van der Waals surface area contributed by atoms with E-state index < -0.39 is 0 Å². The molecule has 1 fully saturated rings. The molecule has 0 spiro atoms. The number of ketones is 1. The number of Topliss-reactive ketones (excluding diaryl/α,β-unsaturated/α-hetero) is 1. The first-order chi connectivity index (χ1) is 14.7. The van der Waals surface area contributed by atoms with E-state index in [1.165, 1.54) is 6.42 Å². The molecule has 2 aliphatic heterocycles. The van der Waals surface area contributed by atoms with Crippen molar-refractivity contribution in [1.82, 2.24) is 9.97 Å². The third kappa shape index (κ3) is 3.18. The first-order valence-corrected chi connectivity index (χ1v) is 10.8. The summed E-state index contributed by atoms with van der Waals surface area (Å²) < 4.78 is 5.44. The summed E-state index contributed by atoms with van der Waals surface area (Å²) in [7, 11) is 1.65. The lowest BCUT2D eigenvalue weighted by Crippen LogP contribution is -2.33. The number of piperidine rings is 1. The van der Waals surface area contributed by atoms with E-state index in [1.807, 2.05) is 24.3 Å². The molecule has 30 heavy (non-hydrogen) atoms. The van der Waals surface area contributed by atoms with E-state index in [9.17, 15) is 4.79 Å². The van der Waals surface area contributed by atoms with Crippen LogP contribution in [0.4, 0.5) is 17.6 Å². The fourth-order valence-electron chi connectivity index (χ4n) is 4.86. The van der Waals surface area contributed by atoms with Gasteiger partial charge in [0.25, 0.3) is 0 Å². The molecular formula is C23H27N5O2. The highest BCUT2D eigenvalue weighted by molar-refractivity contribution is 6.01. The molecule has 0 radical (unpaired) electrons. The molecule has 0 unspecified atom stereocenters. The third-order valence-corrected chi connectivity index (χ3v) is 6.33. The highest BCUT2D eigenvalue weighted by Crippen LogP contribution is 2.47. The van der Waals surface area contributed by atoms with Crippen molar-refractivity contribution in [3.05, 3.63) is 46.7 Å². The number of nitrogens with two attached hydrogens (primary N) is 1. The molecule has 1 atom stereocenters. The molecule has 3 aliphatic rings. The summed E-state index contributed by atoms with van der Waals surface area (Å²) in [4.78, 5) is 24.7. The second-order valence-electron chi connectivity index (χ2n) is 8.22. The van der Waals surface area contributed by atoms with Crippen LogP contribution in [0.15, 0.2) is 35.5 Å². The predicted molar refractivity (Wildman–Crippen MR) is 117 cm³/mol.